The second kappa shape index (κ2) is 5.18. The van der Waals surface area contributed by atoms with Crippen LogP contribution < -0.4 is 0 Å². The van der Waals surface area contributed by atoms with E-state index in [1.54, 1.807) is 0 Å². The summed E-state index contributed by atoms with van der Waals surface area (Å²) in [5, 5.41) is 0. The van der Waals surface area contributed by atoms with Crippen LogP contribution >= 0.6 is 0 Å². The normalized spacial score (nSPS) is 27.5. The second-order valence-electron chi connectivity index (χ2n) is 5.75. The maximum atomic E-state index is 3.99. The summed E-state index contributed by atoms with van der Waals surface area (Å²) >= 11 is 0. The van der Waals surface area contributed by atoms with Crippen molar-refractivity contribution in [1.29, 1.82) is 0 Å². The third-order valence-corrected chi connectivity index (χ3v) is 4.87. The third-order valence-electron chi connectivity index (χ3n) is 4.87. The van der Waals surface area contributed by atoms with E-state index in [2.05, 4.69) is 12.7 Å². The number of hydrogen-bond acceptors (Lipinski definition) is 0. The summed E-state index contributed by atoms with van der Waals surface area (Å²) in [6.45, 7) is 3.99. The Bertz CT molecular complexity index is 192. The van der Waals surface area contributed by atoms with Crippen molar-refractivity contribution in [1.82, 2.24) is 0 Å². The Morgan fingerprint density at radius 3 is 2.13 bits per heavy atom. The predicted octanol–water partition coefficient (Wildman–Crippen LogP) is 5.09. The largest absolute Gasteiger partial charge is 0.103 e. The lowest BCUT2D eigenvalue weighted by atomic mass is 9.60. The Balaban J connectivity index is 2.04. The molecule has 0 unspecified atom stereocenters. The fourth-order valence-electron chi connectivity index (χ4n) is 4.04. The van der Waals surface area contributed by atoms with Crippen LogP contribution in [0.15, 0.2) is 12.7 Å². The van der Waals surface area contributed by atoms with Crippen molar-refractivity contribution >= 4 is 0 Å². The summed E-state index contributed by atoms with van der Waals surface area (Å²) in [4.78, 5) is 0. The first-order valence-corrected chi connectivity index (χ1v) is 6.98. The fraction of sp³-hybridized carbons (Fsp3) is 0.867. The van der Waals surface area contributed by atoms with Gasteiger partial charge in [0.15, 0.2) is 0 Å². The second-order valence-corrected chi connectivity index (χ2v) is 5.75. The molecule has 0 amide bonds. The number of rotatable bonds is 3. The monoisotopic (exact) mass is 206 g/mol. The van der Waals surface area contributed by atoms with E-state index in [1.165, 1.54) is 70.6 Å². The number of hydrogen-bond donors (Lipinski definition) is 0. The summed E-state index contributed by atoms with van der Waals surface area (Å²) in [7, 11) is 0. The van der Waals surface area contributed by atoms with E-state index >= 15 is 0 Å². The van der Waals surface area contributed by atoms with Crippen molar-refractivity contribution in [2.45, 2.75) is 70.6 Å². The summed E-state index contributed by atoms with van der Waals surface area (Å²) in [6, 6.07) is 0. The fourth-order valence-corrected chi connectivity index (χ4v) is 4.04. The molecule has 0 saturated heterocycles. The number of allylic oxidation sites excluding steroid dienone is 1. The molecular formula is C15H26. The minimum absolute atomic E-state index is 0.681. The molecular weight excluding hydrogens is 180 g/mol. The van der Waals surface area contributed by atoms with Gasteiger partial charge in [0.25, 0.3) is 0 Å². The van der Waals surface area contributed by atoms with Crippen LogP contribution in [-0.2, 0) is 0 Å². The molecule has 0 aliphatic heterocycles. The molecule has 0 N–H and O–H groups in total. The predicted molar refractivity (Wildman–Crippen MR) is 66.9 cm³/mol. The van der Waals surface area contributed by atoms with Gasteiger partial charge >= 0.3 is 0 Å². The van der Waals surface area contributed by atoms with Crippen molar-refractivity contribution in [2.24, 2.45) is 11.3 Å². The molecule has 0 radical (unpaired) electrons. The maximum Gasteiger partial charge on any atom is -0.0235 e. The highest BCUT2D eigenvalue weighted by Crippen LogP contribution is 2.50. The molecule has 0 heteroatoms. The van der Waals surface area contributed by atoms with Crippen LogP contribution in [-0.4, -0.2) is 0 Å². The minimum atomic E-state index is 0.681. The molecule has 0 aromatic heterocycles. The molecule has 2 saturated carbocycles. The van der Waals surface area contributed by atoms with Gasteiger partial charge in [0.05, 0.1) is 0 Å². The van der Waals surface area contributed by atoms with Crippen molar-refractivity contribution < 1.29 is 0 Å². The van der Waals surface area contributed by atoms with Gasteiger partial charge in [0, 0.05) is 0 Å². The van der Waals surface area contributed by atoms with Crippen LogP contribution in [0.25, 0.3) is 0 Å². The van der Waals surface area contributed by atoms with E-state index < -0.39 is 0 Å². The molecule has 0 spiro atoms. The van der Waals surface area contributed by atoms with Gasteiger partial charge in [0.1, 0.15) is 0 Å². The van der Waals surface area contributed by atoms with Gasteiger partial charge in [-0.15, -0.1) is 6.58 Å². The lowest BCUT2D eigenvalue weighted by Crippen LogP contribution is -2.33. The van der Waals surface area contributed by atoms with E-state index in [0.29, 0.717) is 5.41 Å². The van der Waals surface area contributed by atoms with Crippen LogP contribution in [0.2, 0.25) is 0 Å². The SMILES string of the molecule is C=CCC1(C2CCCCC2)CCCCC1. The smallest absolute Gasteiger partial charge is 0.0235 e. The van der Waals surface area contributed by atoms with E-state index in [9.17, 15) is 0 Å². The van der Waals surface area contributed by atoms with Gasteiger partial charge in [-0.1, -0.05) is 44.6 Å². The van der Waals surface area contributed by atoms with Crippen molar-refractivity contribution in [3.05, 3.63) is 12.7 Å². The van der Waals surface area contributed by atoms with Crippen LogP contribution in [0, 0.1) is 11.3 Å². The van der Waals surface area contributed by atoms with Crippen LogP contribution in [0.1, 0.15) is 70.6 Å². The van der Waals surface area contributed by atoms with Gasteiger partial charge in [-0.3, -0.25) is 0 Å². The molecule has 2 fully saturated rings. The zero-order chi connectivity index (χ0) is 10.6. The average molecular weight is 206 g/mol. The maximum absolute atomic E-state index is 3.99. The van der Waals surface area contributed by atoms with Crippen molar-refractivity contribution in [3.8, 4) is 0 Å². The van der Waals surface area contributed by atoms with Crippen LogP contribution in [0.4, 0.5) is 0 Å². The van der Waals surface area contributed by atoms with Gasteiger partial charge in [-0.2, -0.15) is 0 Å². The first-order valence-electron chi connectivity index (χ1n) is 6.98. The molecule has 2 rings (SSSR count). The quantitative estimate of drug-likeness (QED) is 0.564. The molecule has 86 valence electrons. The summed E-state index contributed by atoms with van der Waals surface area (Å²) in [5.74, 6) is 1.03. The Hall–Kier alpha value is -0.260. The zero-order valence-corrected chi connectivity index (χ0v) is 10.1. The van der Waals surface area contributed by atoms with E-state index in [1.807, 2.05) is 0 Å². The molecule has 0 bridgehead atoms. The Morgan fingerprint density at radius 2 is 1.53 bits per heavy atom. The first-order chi connectivity index (χ1) is 7.37. The van der Waals surface area contributed by atoms with E-state index in [4.69, 9.17) is 0 Å². The minimum Gasteiger partial charge on any atom is -0.103 e. The van der Waals surface area contributed by atoms with Gasteiger partial charge in [0.2, 0.25) is 0 Å². The highest BCUT2D eigenvalue weighted by atomic mass is 14.4. The van der Waals surface area contributed by atoms with Crippen molar-refractivity contribution in [2.75, 3.05) is 0 Å². The summed E-state index contributed by atoms with van der Waals surface area (Å²) < 4.78 is 0. The van der Waals surface area contributed by atoms with Gasteiger partial charge in [-0.25, -0.2) is 0 Å². The van der Waals surface area contributed by atoms with Gasteiger partial charge in [-0.05, 0) is 43.4 Å². The standard InChI is InChI=1S/C15H26/c1-2-11-15(12-7-4-8-13-15)14-9-5-3-6-10-14/h2,14H,1,3-13H2. The van der Waals surface area contributed by atoms with Crippen LogP contribution in [0.3, 0.4) is 0 Å². The lowest BCUT2D eigenvalue weighted by molar-refractivity contribution is 0.0702. The summed E-state index contributed by atoms with van der Waals surface area (Å²) in [6.07, 6.45) is 18.4. The lowest BCUT2D eigenvalue weighted by Gasteiger charge is -2.45. The molecule has 0 aromatic rings. The average Bonchev–Trinajstić information content (AvgIpc) is 2.32. The van der Waals surface area contributed by atoms with Gasteiger partial charge < -0.3 is 0 Å². The molecule has 0 heterocycles. The topological polar surface area (TPSA) is 0 Å². The molecule has 0 atom stereocenters. The Labute approximate surface area is 95.1 Å². The highest BCUT2D eigenvalue weighted by Gasteiger charge is 2.38. The Morgan fingerprint density at radius 1 is 0.933 bits per heavy atom. The van der Waals surface area contributed by atoms with E-state index in [0.717, 1.165) is 5.92 Å². The third kappa shape index (κ3) is 2.46. The molecule has 2 aliphatic rings. The zero-order valence-electron chi connectivity index (χ0n) is 10.1. The van der Waals surface area contributed by atoms with Crippen LogP contribution in [0.5, 0.6) is 0 Å². The van der Waals surface area contributed by atoms with Crippen molar-refractivity contribution in [3.63, 3.8) is 0 Å². The van der Waals surface area contributed by atoms with E-state index in [-0.39, 0.29) is 0 Å². The molecule has 0 aromatic carbocycles. The molecule has 2 aliphatic carbocycles. The first kappa shape index (κ1) is 11.2. The molecule has 15 heavy (non-hydrogen) atoms. The Kier molecular flexibility index (Phi) is 3.88. The summed E-state index contributed by atoms with van der Waals surface area (Å²) in [5.41, 5.74) is 0.681. The molecule has 0 nitrogen and oxygen atoms in total. The highest BCUT2D eigenvalue weighted by molar-refractivity contribution is 4.94.